The lowest BCUT2D eigenvalue weighted by atomic mass is 10.2. The summed E-state index contributed by atoms with van der Waals surface area (Å²) in [6.45, 7) is 2.21. The molecular formula is C14H21N3OS2. The molecule has 0 atom stereocenters. The number of rotatable bonds is 7. The monoisotopic (exact) mass is 311 g/mol. The van der Waals surface area contributed by atoms with Crippen molar-refractivity contribution in [2.24, 2.45) is 0 Å². The van der Waals surface area contributed by atoms with Crippen molar-refractivity contribution >= 4 is 34.2 Å². The number of hydrogen-bond donors (Lipinski definition) is 2. The summed E-state index contributed by atoms with van der Waals surface area (Å²) >= 11 is 6.70. The van der Waals surface area contributed by atoms with Gasteiger partial charge in [-0.05, 0) is 18.6 Å². The van der Waals surface area contributed by atoms with Crippen molar-refractivity contribution in [2.45, 2.75) is 39.0 Å². The zero-order chi connectivity index (χ0) is 14.6. The number of hydrazine groups is 1. The second kappa shape index (κ2) is 10.6. The minimum absolute atomic E-state index is 0.281. The highest BCUT2D eigenvalue weighted by atomic mass is 32.2. The van der Waals surface area contributed by atoms with Crippen LogP contribution in [0.15, 0.2) is 24.4 Å². The first-order chi connectivity index (χ1) is 9.74. The molecular weight excluding hydrogens is 290 g/mol. The molecule has 0 aliphatic heterocycles. The van der Waals surface area contributed by atoms with Gasteiger partial charge in [0, 0.05) is 11.9 Å². The zero-order valence-electron chi connectivity index (χ0n) is 11.7. The highest BCUT2D eigenvalue weighted by molar-refractivity contribution is 8.22. The minimum atomic E-state index is -0.281. The molecule has 0 bridgehead atoms. The van der Waals surface area contributed by atoms with Gasteiger partial charge in [-0.1, -0.05) is 62.7 Å². The highest BCUT2D eigenvalue weighted by Gasteiger charge is 2.06. The quantitative estimate of drug-likeness (QED) is 0.460. The number of amides is 1. The number of pyridine rings is 1. The Morgan fingerprint density at radius 3 is 2.75 bits per heavy atom. The number of unbranched alkanes of at least 4 members (excludes halogenated alkanes) is 4. The molecule has 1 amide bonds. The van der Waals surface area contributed by atoms with Crippen LogP contribution in [0.25, 0.3) is 0 Å². The number of thioether (sulfide) groups is 1. The molecule has 0 saturated carbocycles. The predicted molar refractivity (Wildman–Crippen MR) is 88.7 cm³/mol. The van der Waals surface area contributed by atoms with E-state index in [0.29, 0.717) is 10.0 Å². The van der Waals surface area contributed by atoms with Crippen LogP contribution in [0.3, 0.4) is 0 Å². The highest BCUT2D eigenvalue weighted by Crippen LogP contribution is 2.09. The van der Waals surface area contributed by atoms with Gasteiger partial charge in [-0.25, -0.2) is 0 Å². The van der Waals surface area contributed by atoms with Crippen molar-refractivity contribution in [1.82, 2.24) is 15.8 Å². The van der Waals surface area contributed by atoms with Gasteiger partial charge in [0.15, 0.2) is 4.32 Å². The van der Waals surface area contributed by atoms with E-state index in [-0.39, 0.29) is 5.91 Å². The lowest BCUT2D eigenvalue weighted by molar-refractivity contribution is 0.0939. The van der Waals surface area contributed by atoms with Gasteiger partial charge in [0.2, 0.25) is 0 Å². The van der Waals surface area contributed by atoms with Gasteiger partial charge < -0.3 is 0 Å². The lowest BCUT2D eigenvalue weighted by Gasteiger charge is -2.08. The number of nitrogens with zero attached hydrogens (tertiary/aromatic N) is 1. The standard InChI is InChI=1S/C14H21N3OS2/c1-2-3-4-5-8-11-20-14(19)17-16-13(18)12-9-6-7-10-15-12/h6-7,9-10H,2-5,8,11H2,1H3,(H,16,18)(H,17,19). The van der Waals surface area contributed by atoms with Crippen molar-refractivity contribution in [3.63, 3.8) is 0 Å². The normalized spacial score (nSPS) is 10.1. The molecule has 1 heterocycles. The first kappa shape index (κ1) is 16.9. The Kier molecular flexibility index (Phi) is 8.98. The Balaban J connectivity index is 2.09. The maximum Gasteiger partial charge on any atom is 0.288 e. The summed E-state index contributed by atoms with van der Waals surface area (Å²) in [5.41, 5.74) is 5.65. The molecule has 4 nitrogen and oxygen atoms in total. The third-order valence-electron chi connectivity index (χ3n) is 2.66. The number of carbonyl (C=O) groups excluding carboxylic acids is 1. The molecule has 1 rings (SSSR count). The summed E-state index contributed by atoms with van der Waals surface area (Å²) in [7, 11) is 0. The van der Waals surface area contributed by atoms with Crippen molar-refractivity contribution in [2.75, 3.05) is 5.75 Å². The molecule has 0 aliphatic rings. The number of hydrogen-bond acceptors (Lipinski definition) is 4. The number of thiocarbonyl (C=S) groups is 1. The summed E-state index contributed by atoms with van der Waals surface area (Å²) in [5, 5.41) is 0. The van der Waals surface area contributed by atoms with Crippen LogP contribution < -0.4 is 10.9 Å². The summed E-state index contributed by atoms with van der Waals surface area (Å²) in [5.74, 6) is 0.700. The Morgan fingerprint density at radius 1 is 1.25 bits per heavy atom. The molecule has 0 saturated heterocycles. The van der Waals surface area contributed by atoms with Crippen LogP contribution in [0.1, 0.15) is 49.5 Å². The van der Waals surface area contributed by atoms with Crippen LogP contribution in [0.2, 0.25) is 0 Å². The van der Waals surface area contributed by atoms with Crippen LogP contribution >= 0.6 is 24.0 Å². The fraction of sp³-hybridized carbons (Fsp3) is 0.500. The van der Waals surface area contributed by atoms with E-state index in [1.807, 2.05) is 0 Å². The molecule has 1 aromatic heterocycles. The van der Waals surface area contributed by atoms with Crippen molar-refractivity contribution in [3.8, 4) is 0 Å². The van der Waals surface area contributed by atoms with Gasteiger partial charge in [0.25, 0.3) is 5.91 Å². The molecule has 0 radical (unpaired) electrons. The van der Waals surface area contributed by atoms with E-state index in [2.05, 4.69) is 22.8 Å². The summed E-state index contributed by atoms with van der Waals surface area (Å²) in [6.07, 6.45) is 7.82. The van der Waals surface area contributed by atoms with Gasteiger partial charge >= 0.3 is 0 Å². The smallest absolute Gasteiger partial charge is 0.283 e. The maximum absolute atomic E-state index is 11.7. The Labute approximate surface area is 130 Å². The van der Waals surface area contributed by atoms with Gasteiger partial charge in [-0.3, -0.25) is 20.6 Å². The fourth-order valence-electron chi connectivity index (χ4n) is 1.58. The second-order valence-electron chi connectivity index (χ2n) is 4.34. The first-order valence-corrected chi connectivity index (χ1v) is 8.27. The molecule has 0 aliphatic carbocycles. The average Bonchev–Trinajstić information content (AvgIpc) is 2.49. The first-order valence-electron chi connectivity index (χ1n) is 6.88. The third kappa shape index (κ3) is 7.45. The Morgan fingerprint density at radius 2 is 2.05 bits per heavy atom. The largest absolute Gasteiger partial charge is 0.288 e. The molecule has 20 heavy (non-hydrogen) atoms. The molecule has 1 aromatic rings. The number of nitrogens with one attached hydrogen (secondary N) is 2. The van der Waals surface area contributed by atoms with E-state index in [4.69, 9.17) is 12.2 Å². The van der Waals surface area contributed by atoms with E-state index >= 15 is 0 Å². The minimum Gasteiger partial charge on any atom is -0.283 e. The van der Waals surface area contributed by atoms with Gasteiger partial charge in [-0.2, -0.15) is 0 Å². The van der Waals surface area contributed by atoms with E-state index in [1.54, 1.807) is 36.2 Å². The molecule has 0 aromatic carbocycles. The zero-order valence-corrected chi connectivity index (χ0v) is 13.4. The molecule has 110 valence electrons. The molecule has 0 spiro atoms. The lowest BCUT2D eigenvalue weighted by Crippen LogP contribution is -2.40. The van der Waals surface area contributed by atoms with Crippen molar-refractivity contribution < 1.29 is 4.79 Å². The molecule has 2 N–H and O–H groups in total. The van der Waals surface area contributed by atoms with Crippen LogP contribution in [0.4, 0.5) is 0 Å². The Hall–Kier alpha value is -1.14. The van der Waals surface area contributed by atoms with E-state index in [1.165, 1.54) is 25.7 Å². The summed E-state index contributed by atoms with van der Waals surface area (Å²) in [4.78, 5) is 15.7. The summed E-state index contributed by atoms with van der Waals surface area (Å²) < 4.78 is 0.588. The average molecular weight is 311 g/mol. The van der Waals surface area contributed by atoms with E-state index in [9.17, 15) is 4.79 Å². The van der Waals surface area contributed by atoms with E-state index in [0.717, 1.165) is 12.2 Å². The number of carbonyl (C=O) groups is 1. The van der Waals surface area contributed by atoms with Crippen LogP contribution in [-0.4, -0.2) is 21.0 Å². The number of aromatic nitrogens is 1. The summed E-state index contributed by atoms with van der Waals surface area (Å²) in [6, 6.07) is 5.19. The predicted octanol–water partition coefficient (Wildman–Crippen LogP) is 3.30. The van der Waals surface area contributed by atoms with E-state index < -0.39 is 0 Å². The molecule has 0 fully saturated rings. The van der Waals surface area contributed by atoms with Crippen LogP contribution in [0.5, 0.6) is 0 Å². The van der Waals surface area contributed by atoms with Gasteiger partial charge in [-0.15, -0.1) is 0 Å². The van der Waals surface area contributed by atoms with Crippen LogP contribution in [0, 0.1) is 0 Å². The van der Waals surface area contributed by atoms with Crippen molar-refractivity contribution in [1.29, 1.82) is 0 Å². The van der Waals surface area contributed by atoms with Gasteiger partial charge in [0.05, 0.1) is 0 Å². The third-order valence-corrected chi connectivity index (χ3v) is 3.97. The molecule has 0 unspecified atom stereocenters. The second-order valence-corrected chi connectivity index (χ2v) is 6.12. The Bertz CT molecular complexity index is 412. The maximum atomic E-state index is 11.7. The van der Waals surface area contributed by atoms with Crippen LogP contribution in [-0.2, 0) is 0 Å². The van der Waals surface area contributed by atoms with Crippen molar-refractivity contribution in [3.05, 3.63) is 30.1 Å². The van der Waals surface area contributed by atoms with Gasteiger partial charge in [0.1, 0.15) is 5.69 Å². The fourth-order valence-corrected chi connectivity index (χ4v) is 2.53. The SMILES string of the molecule is CCCCCCCSC(=S)NNC(=O)c1ccccn1. The molecule has 6 heteroatoms. The topological polar surface area (TPSA) is 54.0 Å².